The second-order valence-corrected chi connectivity index (χ2v) is 17.1. The zero-order valence-corrected chi connectivity index (χ0v) is 27.2. The first-order valence-electron chi connectivity index (χ1n) is 11.9. The highest BCUT2D eigenvalue weighted by atomic mass is 79.9. The molecule has 0 aromatic rings. The fraction of sp³-hybridized carbons (Fsp3) is 0.826. The van der Waals surface area contributed by atoms with E-state index < -0.39 is 14.7 Å². The Hall–Kier alpha value is 0.0200. The molecule has 0 radical (unpaired) electrons. The van der Waals surface area contributed by atoms with E-state index in [0.717, 1.165) is 10.9 Å². The summed E-state index contributed by atoms with van der Waals surface area (Å²) in [6.45, 7) is 14.5. The van der Waals surface area contributed by atoms with Gasteiger partial charge in [-0.1, -0.05) is 51.8 Å². The van der Waals surface area contributed by atoms with Crippen LogP contribution in [0.2, 0.25) is 0 Å². The highest BCUT2D eigenvalue weighted by Crippen LogP contribution is 2.49. The molecule has 0 spiro atoms. The predicted octanol–water partition coefficient (Wildman–Crippen LogP) is 7.37. The second kappa shape index (κ2) is 20.0. The van der Waals surface area contributed by atoms with Gasteiger partial charge in [0.1, 0.15) is 0 Å². The minimum atomic E-state index is -2.76. The maximum atomic E-state index is 12.5. The molecule has 0 saturated heterocycles. The number of esters is 2. The first-order valence-corrected chi connectivity index (χ1v) is 17.5. The van der Waals surface area contributed by atoms with E-state index in [9.17, 15) is 18.7 Å². The van der Waals surface area contributed by atoms with Crippen molar-refractivity contribution >= 4 is 58.5 Å². The van der Waals surface area contributed by atoms with Crippen molar-refractivity contribution in [3.63, 3.8) is 0 Å². The smallest absolute Gasteiger partial charge is 0.306 e. The molecule has 0 amide bonds. The first kappa shape index (κ1) is 37.2. The maximum absolute atomic E-state index is 12.5. The fourth-order valence-corrected chi connectivity index (χ4v) is 7.87. The molecular weight excluding hydrogens is 626 g/mol. The Balaban J connectivity index is 0. The van der Waals surface area contributed by atoms with Crippen LogP contribution in [-0.4, -0.2) is 67.3 Å². The number of halogens is 2. The Morgan fingerprint density at radius 2 is 1.23 bits per heavy atom. The molecule has 0 fully saturated rings. The number of ether oxygens (including phenoxy) is 2. The van der Waals surface area contributed by atoms with Crippen molar-refractivity contribution in [2.45, 2.75) is 72.1 Å². The number of carbonyl (C=O) groups excluding carboxylic acids is 2. The zero-order valence-electron chi connectivity index (χ0n) is 22.3. The van der Waals surface area contributed by atoms with Crippen LogP contribution < -0.4 is 0 Å². The van der Waals surface area contributed by atoms with Crippen molar-refractivity contribution in [1.82, 2.24) is 0 Å². The van der Waals surface area contributed by atoms with Crippen LogP contribution in [0, 0.1) is 0 Å². The van der Waals surface area contributed by atoms with Gasteiger partial charge < -0.3 is 18.5 Å². The molecule has 0 aromatic heterocycles. The number of rotatable bonds is 17. The molecule has 35 heavy (non-hydrogen) atoms. The van der Waals surface area contributed by atoms with Gasteiger partial charge in [0.05, 0.1) is 39.3 Å². The molecule has 2 unspecified atom stereocenters. The summed E-state index contributed by atoms with van der Waals surface area (Å²) in [5, 5.41) is 0. The average molecular weight is 670 g/mol. The number of hydrogen-bond acceptors (Lipinski definition) is 8. The third-order valence-electron chi connectivity index (χ3n) is 4.35. The normalized spacial score (nSPS) is 15.3. The van der Waals surface area contributed by atoms with Crippen LogP contribution in [0.4, 0.5) is 0 Å². The number of carbonyl (C=O) groups is 2. The van der Waals surface area contributed by atoms with Gasteiger partial charge in [-0.15, -0.1) is 0 Å². The molecule has 0 N–H and O–H groups in total. The number of alkyl halides is 1. The predicted molar refractivity (Wildman–Crippen MR) is 151 cm³/mol. The molecule has 8 nitrogen and oxygen atoms in total. The number of hydrogen-bond donors (Lipinski definition) is 0. The molecule has 0 heterocycles. The third-order valence-corrected chi connectivity index (χ3v) is 9.98. The van der Waals surface area contributed by atoms with Crippen LogP contribution >= 0.6 is 46.6 Å². The van der Waals surface area contributed by atoms with E-state index in [2.05, 4.69) is 31.9 Å². The molecule has 12 heteroatoms. The quantitative estimate of drug-likeness (QED) is 0.0898. The molecule has 0 aliphatic heterocycles. The van der Waals surface area contributed by atoms with Gasteiger partial charge in [-0.3, -0.25) is 18.7 Å². The van der Waals surface area contributed by atoms with Crippen molar-refractivity contribution in [1.29, 1.82) is 0 Å². The van der Waals surface area contributed by atoms with Crippen LogP contribution in [0.15, 0.2) is 10.6 Å². The van der Waals surface area contributed by atoms with Gasteiger partial charge >= 0.3 is 11.9 Å². The molecule has 208 valence electrons. The maximum Gasteiger partial charge on any atom is 0.306 e. The molecule has 0 bridgehead atoms. The minimum Gasteiger partial charge on any atom is -0.466 e. The fourth-order valence-electron chi connectivity index (χ4n) is 2.61. The molecule has 2 atom stereocenters. The summed E-state index contributed by atoms with van der Waals surface area (Å²) in [4.78, 5) is 22.5. The highest BCUT2D eigenvalue weighted by Gasteiger charge is 2.27. The summed E-state index contributed by atoms with van der Waals surface area (Å²) in [5.74, 6) is -0.637. The van der Waals surface area contributed by atoms with Gasteiger partial charge in [0.2, 0.25) is 14.7 Å². The van der Waals surface area contributed by atoms with E-state index in [1.165, 1.54) is 0 Å². The first-order chi connectivity index (χ1) is 16.2. The van der Waals surface area contributed by atoms with Crippen LogP contribution in [0.3, 0.4) is 0 Å². The van der Waals surface area contributed by atoms with Gasteiger partial charge in [0.25, 0.3) is 0 Å². The highest BCUT2D eigenvalue weighted by molar-refractivity contribution is 9.11. The van der Waals surface area contributed by atoms with Gasteiger partial charge in [0, 0.05) is 29.0 Å². The second-order valence-electron chi connectivity index (χ2n) is 8.19. The molecule has 0 saturated carbocycles. The number of allylic oxidation sites excluding steroid dienone is 2. The Bertz CT molecular complexity index is 732. The SMILES string of the molecule is CCOC(=O)CCP(=O)(C/C=C(\C)Br)OCC.CCOC(=O)CCP(=O)(CCC(C)(C)Br)OCC. The molecule has 0 aliphatic rings. The van der Waals surface area contributed by atoms with Gasteiger partial charge in [0.15, 0.2) is 0 Å². The zero-order chi connectivity index (χ0) is 27.5. The van der Waals surface area contributed by atoms with Gasteiger partial charge in [-0.05, 0) is 45.5 Å². The monoisotopic (exact) mass is 668 g/mol. The van der Waals surface area contributed by atoms with E-state index >= 15 is 0 Å². The third kappa shape index (κ3) is 22.9. The summed E-state index contributed by atoms with van der Waals surface area (Å²) in [6.07, 6.45) is 4.18. The summed E-state index contributed by atoms with van der Waals surface area (Å²) < 4.78 is 46.0. The van der Waals surface area contributed by atoms with Crippen molar-refractivity contribution in [3.05, 3.63) is 10.6 Å². The van der Waals surface area contributed by atoms with Crippen molar-refractivity contribution < 1.29 is 37.2 Å². The van der Waals surface area contributed by atoms with Crippen LogP contribution in [0.5, 0.6) is 0 Å². The summed E-state index contributed by atoms with van der Waals surface area (Å²) in [5.41, 5.74) is 0. The Labute approximate surface area is 228 Å². The molecule has 0 rings (SSSR count). The lowest BCUT2D eigenvalue weighted by Gasteiger charge is -2.22. The van der Waals surface area contributed by atoms with E-state index in [4.69, 9.17) is 18.5 Å². The summed E-state index contributed by atoms with van der Waals surface area (Å²) >= 11 is 6.79. The Kier molecular flexibility index (Phi) is 21.3. The molecule has 0 aliphatic carbocycles. The van der Waals surface area contributed by atoms with E-state index in [-0.39, 0.29) is 41.4 Å². The largest absolute Gasteiger partial charge is 0.466 e. The summed E-state index contributed by atoms with van der Waals surface area (Å²) in [7, 11) is -5.48. The molecular formula is C23H44Br2O8P2. The van der Waals surface area contributed by atoms with Crippen molar-refractivity contribution in [2.24, 2.45) is 0 Å². The Morgan fingerprint density at radius 1 is 0.800 bits per heavy atom. The van der Waals surface area contributed by atoms with Crippen LogP contribution in [-0.2, 0) is 37.2 Å². The molecule has 0 aromatic carbocycles. The van der Waals surface area contributed by atoms with E-state index in [1.807, 2.05) is 33.8 Å². The average Bonchev–Trinajstić information content (AvgIpc) is 2.75. The van der Waals surface area contributed by atoms with E-state index in [0.29, 0.717) is 38.8 Å². The summed E-state index contributed by atoms with van der Waals surface area (Å²) in [6, 6.07) is 0. The standard InChI is InChI=1S/C12H24BrO4P.C11H20BrO4P/c1-5-16-11(14)7-9-18(15,17-6-2)10-8-12(3,4)13;1-4-15-11(13)7-9-17(14,16-5-2)8-6-10(3)12/h5-10H2,1-4H3;6H,4-5,7-9H2,1-3H3/b;10-6+. The Morgan fingerprint density at radius 3 is 1.60 bits per heavy atom. The lowest BCUT2D eigenvalue weighted by Crippen LogP contribution is -2.15. The topological polar surface area (TPSA) is 105 Å². The van der Waals surface area contributed by atoms with Crippen molar-refractivity contribution in [3.8, 4) is 0 Å². The van der Waals surface area contributed by atoms with Crippen LogP contribution in [0.25, 0.3) is 0 Å². The van der Waals surface area contributed by atoms with Gasteiger partial charge in [-0.25, -0.2) is 0 Å². The van der Waals surface area contributed by atoms with E-state index in [1.54, 1.807) is 20.8 Å². The minimum absolute atomic E-state index is 0.0658. The lowest BCUT2D eigenvalue weighted by atomic mass is 10.2. The van der Waals surface area contributed by atoms with Gasteiger partial charge in [-0.2, -0.15) is 0 Å². The van der Waals surface area contributed by atoms with Crippen LogP contribution in [0.1, 0.15) is 67.7 Å². The van der Waals surface area contributed by atoms with Crippen molar-refractivity contribution in [2.75, 3.05) is 51.1 Å². The lowest BCUT2D eigenvalue weighted by molar-refractivity contribution is -0.143.